The minimum absolute atomic E-state index is 0.0762. The van der Waals surface area contributed by atoms with E-state index in [1.54, 1.807) is 16.7 Å². The molecule has 0 aliphatic carbocycles. The summed E-state index contributed by atoms with van der Waals surface area (Å²) >= 11 is 0. The quantitative estimate of drug-likeness (QED) is 0.562. The van der Waals surface area contributed by atoms with E-state index < -0.39 is 10.0 Å². The predicted molar refractivity (Wildman–Crippen MR) is 95.7 cm³/mol. The number of hydrogen-bond acceptors (Lipinski definition) is 5. The first-order chi connectivity index (χ1) is 11.8. The zero-order valence-electron chi connectivity index (χ0n) is 15.6. The van der Waals surface area contributed by atoms with Gasteiger partial charge < -0.3 is 14.5 Å². The number of unbranched alkanes of at least 4 members (excludes halogenated alkanes) is 2. The number of amides is 2. The summed E-state index contributed by atoms with van der Waals surface area (Å²) < 4.78 is 30.0. The summed E-state index contributed by atoms with van der Waals surface area (Å²) in [6, 6.07) is 0. The van der Waals surface area contributed by atoms with E-state index in [1.165, 1.54) is 10.6 Å². The number of hydrogen-bond donors (Lipinski definition) is 0. The van der Waals surface area contributed by atoms with Crippen LogP contribution < -0.4 is 0 Å². The molecule has 1 fully saturated rings. The molecule has 9 heteroatoms. The van der Waals surface area contributed by atoms with E-state index in [9.17, 15) is 18.0 Å². The average Bonchev–Trinajstić information content (AvgIpc) is 2.57. The molecule has 1 aliphatic heterocycles. The lowest BCUT2D eigenvalue weighted by atomic mass is 10.2. The van der Waals surface area contributed by atoms with E-state index in [2.05, 4.69) is 6.92 Å². The molecular weight excluding hydrogens is 346 g/mol. The number of nitrogens with zero attached hydrogens (tertiary/aromatic N) is 3. The Morgan fingerprint density at radius 2 is 1.60 bits per heavy atom. The topological polar surface area (TPSA) is 87.2 Å². The van der Waals surface area contributed by atoms with Gasteiger partial charge in [0.05, 0.1) is 12.9 Å². The summed E-state index contributed by atoms with van der Waals surface area (Å²) in [5, 5.41) is 0. The van der Waals surface area contributed by atoms with Gasteiger partial charge in [-0.2, -0.15) is 0 Å². The molecule has 2 amide bonds. The standard InChI is InChI=1S/C16H31N3O5S/c1-4-6-7-9-19(25(3,22)23)10-8-15(20)17-11-13-18(14-12-17)16(21)24-5-2/h4-14H2,1-3H3. The van der Waals surface area contributed by atoms with Gasteiger partial charge in [-0.3, -0.25) is 4.79 Å². The van der Waals surface area contributed by atoms with Crippen molar-refractivity contribution in [1.82, 2.24) is 14.1 Å². The average molecular weight is 378 g/mol. The van der Waals surface area contributed by atoms with Crippen molar-refractivity contribution in [2.45, 2.75) is 39.5 Å². The number of ether oxygens (including phenoxy) is 1. The minimum Gasteiger partial charge on any atom is -0.450 e. The summed E-state index contributed by atoms with van der Waals surface area (Å²) in [4.78, 5) is 27.3. The fourth-order valence-electron chi connectivity index (χ4n) is 2.71. The molecule has 1 aliphatic rings. The third kappa shape index (κ3) is 7.60. The second kappa shape index (κ2) is 10.6. The van der Waals surface area contributed by atoms with Gasteiger partial charge in [0.25, 0.3) is 0 Å². The molecular formula is C16H31N3O5S. The van der Waals surface area contributed by atoms with Gasteiger partial charge in [-0.25, -0.2) is 17.5 Å². The van der Waals surface area contributed by atoms with Gasteiger partial charge >= 0.3 is 6.09 Å². The lowest BCUT2D eigenvalue weighted by molar-refractivity contribution is -0.132. The maximum Gasteiger partial charge on any atom is 0.409 e. The summed E-state index contributed by atoms with van der Waals surface area (Å²) in [5.74, 6) is -0.0762. The highest BCUT2D eigenvalue weighted by Gasteiger charge is 2.25. The van der Waals surface area contributed by atoms with E-state index in [4.69, 9.17) is 4.74 Å². The molecule has 0 aromatic carbocycles. The Hall–Kier alpha value is -1.35. The van der Waals surface area contributed by atoms with Gasteiger partial charge in [0, 0.05) is 45.7 Å². The molecule has 0 unspecified atom stereocenters. The van der Waals surface area contributed by atoms with Gasteiger partial charge in [0.1, 0.15) is 0 Å². The van der Waals surface area contributed by atoms with Gasteiger partial charge in [-0.05, 0) is 13.3 Å². The SMILES string of the molecule is CCCCCN(CCC(=O)N1CCN(C(=O)OCC)CC1)S(C)(=O)=O. The monoisotopic (exact) mass is 377 g/mol. The number of sulfonamides is 1. The van der Waals surface area contributed by atoms with Crippen LogP contribution in [-0.2, 0) is 19.6 Å². The number of rotatable bonds is 9. The fourth-order valence-corrected chi connectivity index (χ4v) is 3.60. The third-order valence-electron chi connectivity index (χ3n) is 4.21. The Morgan fingerprint density at radius 1 is 1.00 bits per heavy atom. The summed E-state index contributed by atoms with van der Waals surface area (Å²) in [7, 11) is -3.30. The highest BCUT2D eigenvalue weighted by atomic mass is 32.2. The van der Waals surface area contributed by atoms with Crippen LogP contribution in [0.2, 0.25) is 0 Å². The Kier molecular flexibility index (Phi) is 9.20. The van der Waals surface area contributed by atoms with Crippen LogP contribution in [-0.4, -0.2) is 86.7 Å². The van der Waals surface area contributed by atoms with Gasteiger partial charge in [-0.15, -0.1) is 0 Å². The minimum atomic E-state index is -3.30. The Morgan fingerprint density at radius 3 is 2.12 bits per heavy atom. The fraction of sp³-hybridized carbons (Fsp3) is 0.875. The molecule has 0 saturated carbocycles. The molecule has 1 saturated heterocycles. The van der Waals surface area contributed by atoms with Crippen molar-refractivity contribution in [2.24, 2.45) is 0 Å². The highest BCUT2D eigenvalue weighted by Crippen LogP contribution is 2.09. The van der Waals surface area contributed by atoms with E-state index in [-0.39, 0.29) is 25.0 Å². The summed E-state index contributed by atoms with van der Waals surface area (Å²) in [5.41, 5.74) is 0. The second-order valence-corrected chi connectivity index (χ2v) is 8.17. The van der Waals surface area contributed by atoms with Gasteiger partial charge in [0.15, 0.2) is 0 Å². The zero-order chi connectivity index (χ0) is 18.9. The second-order valence-electron chi connectivity index (χ2n) is 6.19. The lowest BCUT2D eigenvalue weighted by Crippen LogP contribution is -2.51. The lowest BCUT2D eigenvalue weighted by Gasteiger charge is -2.34. The van der Waals surface area contributed by atoms with E-state index >= 15 is 0 Å². The molecule has 0 N–H and O–H groups in total. The van der Waals surface area contributed by atoms with Crippen LogP contribution >= 0.6 is 0 Å². The van der Waals surface area contributed by atoms with Crippen molar-refractivity contribution in [3.05, 3.63) is 0 Å². The molecule has 8 nitrogen and oxygen atoms in total. The van der Waals surface area contributed by atoms with Gasteiger partial charge in [-0.1, -0.05) is 19.8 Å². The van der Waals surface area contributed by atoms with Crippen LogP contribution in [0.4, 0.5) is 4.79 Å². The Balaban J connectivity index is 2.43. The van der Waals surface area contributed by atoms with E-state index in [0.717, 1.165) is 19.3 Å². The molecule has 0 spiro atoms. The van der Waals surface area contributed by atoms with Crippen molar-refractivity contribution in [2.75, 3.05) is 52.1 Å². The first kappa shape index (κ1) is 21.7. The molecule has 1 rings (SSSR count). The maximum absolute atomic E-state index is 12.3. The van der Waals surface area contributed by atoms with Crippen LogP contribution in [0.5, 0.6) is 0 Å². The van der Waals surface area contributed by atoms with Crippen LogP contribution in [0.25, 0.3) is 0 Å². The summed E-state index contributed by atoms with van der Waals surface area (Å²) in [6.45, 7) is 6.59. The molecule has 0 atom stereocenters. The first-order valence-electron chi connectivity index (χ1n) is 8.94. The zero-order valence-corrected chi connectivity index (χ0v) is 16.4. The van der Waals surface area contributed by atoms with Crippen molar-refractivity contribution in [3.8, 4) is 0 Å². The van der Waals surface area contributed by atoms with Crippen LogP contribution in [0, 0.1) is 0 Å². The van der Waals surface area contributed by atoms with Crippen molar-refractivity contribution < 1.29 is 22.7 Å². The smallest absolute Gasteiger partial charge is 0.409 e. The predicted octanol–water partition coefficient (Wildman–Crippen LogP) is 1.13. The molecule has 0 aromatic heterocycles. The Labute approximate surface area is 151 Å². The van der Waals surface area contributed by atoms with E-state index in [0.29, 0.717) is 39.3 Å². The number of carbonyl (C=O) groups excluding carboxylic acids is 2. The van der Waals surface area contributed by atoms with Crippen molar-refractivity contribution in [3.63, 3.8) is 0 Å². The highest BCUT2D eigenvalue weighted by molar-refractivity contribution is 7.88. The third-order valence-corrected chi connectivity index (χ3v) is 5.52. The van der Waals surface area contributed by atoms with E-state index in [1.807, 2.05) is 0 Å². The molecule has 25 heavy (non-hydrogen) atoms. The normalized spacial score (nSPS) is 15.5. The van der Waals surface area contributed by atoms with Crippen LogP contribution in [0.1, 0.15) is 39.5 Å². The molecule has 0 radical (unpaired) electrons. The molecule has 1 heterocycles. The van der Waals surface area contributed by atoms with Crippen molar-refractivity contribution >= 4 is 22.0 Å². The number of carbonyl (C=O) groups is 2. The molecule has 146 valence electrons. The first-order valence-corrected chi connectivity index (χ1v) is 10.8. The van der Waals surface area contributed by atoms with Crippen LogP contribution in [0.15, 0.2) is 0 Å². The molecule has 0 aromatic rings. The Bertz CT molecular complexity index is 530. The van der Waals surface area contributed by atoms with Gasteiger partial charge in [0.2, 0.25) is 15.9 Å². The summed E-state index contributed by atoms with van der Waals surface area (Å²) in [6.07, 6.45) is 3.78. The van der Waals surface area contributed by atoms with Crippen LogP contribution in [0.3, 0.4) is 0 Å². The van der Waals surface area contributed by atoms with Crippen molar-refractivity contribution in [1.29, 1.82) is 0 Å². The maximum atomic E-state index is 12.3. The molecule has 0 bridgehead atoms. The number of piperazine rings is 1. The largest absolute Gasteiger partial charge is 0.450 e.